The number of rotatable bonds is 7. The number of unbranched alkanes of at least 4 members (excludes halogenated alkanes) is 2. The molecule has 1 aromatic heterocycles. The standard InChI is InChI=1S/C12H20SeTe/c1-3-5-7-11-12(8-9-13-11)14-10-6-4-2/h8-9H,3-7,10H2,1-2H3. The molecule has 80 valence electrons. The van der Waals surface area contributed by atoms with E-state index in [0.29, 0.717) is 0 Å². The van der Waals surface area contributed by atoms with E-state index in [9.17, 15) is 0 Å². The Morgan fingerprint density at radius 2 is 2.00 bits per heavy atom. The summed E-state index contributed by atoms with van der Waals surface area (Å²) in [5.74, 6) is 0. The Morgan fingerprint density at radius 3 is 2.71 bits per heavy atom. The quantitative estimate of drug-likeness (QED) is 0.511. The zero-order chi connectivity index (χ0) is 10.2. The molecule has 0 unspecified atom stereocenters. The average molecular weight is 371 g/mol. The van der Waals surface area contributed by atoms with Crippen LogP contribution in [-0.4, -0.2) is 35.4 Å². The van der Waals surface area contributed by atoms with Crippen molar-refractivity contribution in [1.82, 2.24) is 0 Å². The van der Waals surface area contributed by atoms with Crippen LogP contribution < -0.4 is 3.61 Å². The van der Waals surface area contributed by atoms with Gasteiger partial charge in [0.2, 0.25) is 0 Å². The van der Waals surface area contributed by atoms with Crippen LogP contribution in [0.25, 0.3) is 0 Å². The molecule has 0 fully saturated rings. The second kappa shape index (κ2) is 8.00. The summed E-state index contributed by atoms with van der Waals surface area (Å²) in [5, 5.41) is 0. The Balaban J connectivity index is 2.37. The van der Waals surface area contributed by atoms with Crippen LogP contribution in [0.15, 0.2) is 11.0 Å². The Kier molecular flexibility index (Phi) is 7.35. The fraction of sp³-hybridized carbons (Fsp3) is 0.667. The first-order valence-electron chi connectivity index (χ1n) is 5.57. The van der Waals surface area contributed by atoms with Crippen LogP contribution in [0, 0.1) is 0 Å². The molecule has 0 radical (unpaired) electrons. The molecule has 0 amide bonds. The van der Waals surface area contributed by atoms with Crippen LogP contribution in [0.4, 0.5) is 0 Å². The van der Waals surface area contributed by atoms with Crippen LogP contribution in [-0.2, 0) is 6.42 Å². The molecule has 0 aliphatic heterocycles. The molecule has 0 aliphatic carbocycles. The summed E-state index contributed by atoms with van der Waals surface area (Å²) < 4.78 is 5.18. The van der Waals surface area contributed by atoms with Crippen molar-refractivity contribution in [2.24, 2.45) is 0 Å². The maximum atomic E-state index is 2.45. The average Bonchev–Trinajstić information content (AvgIpc) is 2.63. The third-order valence-electron chi connectivity index (χ3n) is 2.22. The van der Waals surface area contributed by atoms with Gasteiger partial charge in [0.05, 0.1) is 0 Å². The van der Waals surface area contributed by atoms with Gasteiger partial charge in [-0.15, -0.1) is 0 Å². The molecule has 0 bridgehead atoms. The fourth-order valence-corrected chi connectivity index (χ4v) is 8.24. The Morgan fingerprint density at radius 1 is 1.21 bits per heavy atom. The van der Waals surface area contributed by atoms with E-state index in [1.54, 1.807) is 0 Å². The van der Waals surface area contributed by atoms with Crippen molar-refractivity contribution in [3.05, 3.63) is 15.4 Å². The molecule has 0 aromatic carbocycles. The molecule has 1 aromatic rings. The predicted molar refractivity (Wildman–Crippen MR) is 67.1 cm³/mol. The molecule has 1 heterocycles. The molecule has 0 aliphatic rings. The van der Waals surface area contributed by atoms with Gasteiger partial charge >= 0.3 is 105 Å². The second-order valence-electron chi connectivity index (χ2n) is 3.51. The van der Waals surface area contributed by atoms with Crippen molar-refractivity contribution in [2.45, 2.75) is 50.4 Å². The van der Waals surface area contributed by atoms with Gasteiger partial charge in [-0.25, -0.2) is 0 Å². The molecule has 2 heteroatoms. The van der Waals surface area contributed by atoms with Gasteiger partial charge in [0, 0.05) is 0 Å². The van der Waals surface area contributed by atoms with Crippen molar-refractivity contribution in [3.63, 3.8) is 0 Å². The summed E-state index contributed by atoms with van der Waals surface area (Å²) >= 11 is 0.926. The van der Waals surface area contributed by atoms with E-state index >= 15 is 0 Å². The number of hydrogen-bond donors (Lipinski definition) is 0. The summed E-state index contributed by atoms with van der Waals surface area (Å²) in [7, 11) is 0. The van der Waals surface area contributed by atoms with Crippen molar-refractivity contribution in [3.8, 4) is 0 Å². The van der Waals surface area contributed by atoms with Gasteiger partial charge in [-0.3, -0.25) is 0 Å². The molecule has 0 atom stereocenters. The van der Waals surface area contributed by atoms with E-state index in [1.807, 2.05) is 8.05 Å². The van der Waals surface area contributed by atoms with E-state index in [-0.39, 0.29) is 20.9 Å². The molecule has 0 saturated carbocycles. The second-order valence-corrected chi connectivity index (χ2v) is 8.86. The van der Waals surface area contributed by atoms with Crippen LogP contribution >= 0.6 is 0 Å². The SMILES string of the molecule is CCCC[Te]c1cc[se]c1CCCC. The molecule has 14 heavy (non-hydrogen) atoms. The summed E-state index contributed by atoms with van der Waals surface area (Å²) in [6.45, 7) is 4.59. The summed E-state index contributed by atoms with van der Waals surface area (Å²) in [5.41, 5.74) is 0. The zero-order valence-electron chi connectivity index (χ0n) is 9.21. The summed E-state index contributed by atoms with van der Waals surface area (Å²) in [6, 6.07) is 2.45. The van der Waals surface area contributed by atoms with Gasteiger partial charge in [-0.05, 0) is 0 Å². The van der Waals surface area contributed by atoms with Crippen molar-refractivity contribution in [1.29, 1.82) is 0 Å². The van der Waals surface area contributed by atoms with E-state index in [2.05, 4.69) is 24.9 Å². The van der Waals surface area contributed by atoms with Gasteiger partial charge in [-0.2, -0.15) is 0 Å². The third kappa shape index (κ3) is 4.54. The van der Waals surface area contributed by atoms with Gasteiger partial charge in [-0.1, -0.05) is 0 Å². The number of hydrogen-bond acceptors (Lipinski definition) is 0. The Hall–Kier alpha value is 0.789. The van der Waals surface area contributed by atoms with Crippen LogP contribution in [0.1, 0.15) is 44.0 Å². The molecule has 0 N–H and O–H groups in total. The predicted octanol–water partition coefficient (Wildman–Crippen LogP) is 2.63. The topological polar surface area (TPSA) is 0 Å². The van der Waals surface area contributed by atoms with E-state index < -0.39 is 0 Å². The molecular formula is C12H20SeTe. The van der Waals surface area contributed by atoms with Gasteiger partial charge in [0.15, 0.2) is 0 Å². The molecule has 0 nitrogen and oxygen atoms in total. The third-order valence-corrected chi connectivity index (χ3v) is 8.57. The minimum absolute atomic E-state index is 0.188. The Labute approximate surface area is 104 Å². The normalized spacial score (nSPS) is 10.7. The van der Waals surface area contributed by atoms with Gasteiger partial charge < -0.3 is 0 Å². The molecular weight excluding hydrogens is 351 g/mol. The van der Waals surface area contributed by atoms with Crippen LogP contribution in [0.5, 0.6) is 0 Å². The van der Waals surface area contributed by atoms with Gasteiger partial charge in [0.1, 0.15) is 0 Å². The first kappa shape index (κ1) is 12.9. The van der Waals surface area contributed by atoms with Crippen LogP contribution in [0.3, 0.4) is 0 Å². The van der Waals surface area contributed by atoms with Crippen molar-refractivity contribution in [2.75, 3.05) is 0 Å². The van der Waals surface area contributed by atoms with Crippen molar-refractivity contribution >= 4 is 39.0 Å². The zero-order valence-corrected chi connectivity index (χ0v) is 13.3. The van der Waals surface area contributed by atoms with E-state index in [0.717, 1.165) is 14.5 Å². The summed E-state index contributed by atoms with van der Waals surface area (Å²) in [6.07, 6.45) is 6.98. The summed E-state index contributed by atoms with van der Waals surface area (Å²) in [4.78, 5) is 2.43. The van der Waals surface area contributed by atoms with Gasteiger partial charge in [0.25, 0.3) is 0 Å². The van der Waals surface area contributed by atoms with E-state index in [4.69, 9.17) is 0 Å². The molecule has 1 rings (SSSR count). The molecule has 0 spiro atoms. The first-order chi connectivity index (χ1) is 6.88. The minimum atomic E-state index is 0.188. The fourth-order valence-electron chi connectivity index (χ4n) is 1.30. The number of aryl methyl sites for hydroxylation is 1. The first-order valence-corrected chi connectivity index (χ1v) is 10.2. The Bertz CT molecular complexity index is 242. The maximum absolute atomic E-state index is 2.45. The van der Waals surface area contributed by atoms with Crippen LogP contribution in [0.2, 0.25) is 4.47 Å². The van der Waals surface area contributed by atoms with Crippen molar-refractivity contribution < 1.29 is 0 Å². The monoisotopic (exact) mass is 374 g/mol. The molecule has 0 saturated heterocycles. The van der Waals surface area contributed by atoms with E-state index in [1.165, 1.54) is 36.6 Å².